The quantitative estimate of drug-likeness (QED) is 0.427. The predicted molar refractivity (Wildman–Crippen MR) is 124 cm³/mol. The Labute approximate surface area is 190 Å². The lowest BCUT2D eigenvalue weighted by molar-refractivity contribution is 0.0942. The molecule has 3 aromatic carbocycles. The number of benzene rings is 3. The van der Waals surface area contributed by atoms with E-state index in [4.69, 9.17) is 21.1 Å². The Kier molecular flexibility index (Phi) is 6.14. The number of phenols is 1. The first kappa shape index (κ1) is 21.5. The summed E-state index contributed by atoms with van der Waals surface area (Å²) in [7, 11) is 3.08. The number of aromatic hydroxyl groups is 1. The van der Waals surface area contributed by atoms with Crippen molar-refractivity contribution < 1.29 is 19.4 Å². The van der Waals surface area contributed by atoms with Gasteiger partial charge < -0.3 is 19.9 Å². The summed E-state index contributed by atoms with van der Waals surface area (Å²) in [4.78, 5) is 17.3. The van der Waals surface area contributed by atoms with Crippen molar-refractivity contribution in [2.75, 3.05) is 14.2 Å². The third-order valence-electron chi connectivity index (χ3n) is 5.21. The second-order valence-corrected chi connectivity index (χ2v) is 7.49. The number of hydrogen-bond donors (Lipinski definition) is 2. The van der Waals surface area contributed by atoms with Gasteiger partial charge in [0.15, 0.2) is 11.5 Å². The Hall–Kier alpha value is -3.77. The molecule has 0 radical (unpaired) electrons. The van der Waals surface area contributed by atoms with E-state index in [2.05, 4.69) is 10.3 Å². The summed E-state index contributed by atoms with van der Waals surface area (Å²) in [6, 6.07) is 18.6. The van der Waals surface area contributed by atoms with E-state index in [0.29, 0.717) is 44.1 Å². The van der Waals surface area contributed by atoms with Crippen molar-refractivity contribution in [2.24, 2.45) is 0 Å². The molecule has 4 aromatic rings. The summed E-state index contributed by atoms with van der Waals surface area (Å²) in [6.45, 7) is 0. The van der Waals surface area contributed by atoms with Gasteiger partial charge in [0.05, 0.1) is 25.3 Å². The van der Waals surface area contributed by atoms with E-state index in [1.54, 1.807) is 74.0 Å². The molecule has 4 rings (SSSR count). The SMILES string of the molecule is COc1ccc(C(NC(=O)c2ccccc2)c2cc(Cl)c3cccnc3c2O)cc1OC. The lowest BCUT2D eigenvalue weighted by Gasteiger charge is -2.23. The number of carbonyl (C=O) groups is 1. The van der Waals surface area contributed by atoms with Crippen molar-refractivity contribution >= 4 is 28.4 Å². The van der Waals surface area contributed by atoms with Crippen LogP contribution in [-0.2, 0) is 0 Å². The summed E-state index contributed by atoms with van der Waals surface area (Å²) in [5, 5.41) is 15.1. The lowest BCUT2D eigenvalue weighted by atomic mass is 9.95. The molecule has 1 heterocycles. The van der Waals surface area contributed by atoms with E-state index in [9.17, 15) is 9.90 Å². The zero-order valence-electron chi connectivity index (χ0n) is 17.5. The fourth-order valence-electron chi connectivity index (χ4n) is 3.60. The van der Waals surface area contributed by atoms with Crippen molar-refractivity contribution in [1.82, 2.24) is 10.3 Å². The van der Waals surface area contributed by atoms with Crippen molar-refractivity contribution in [3.8, 4) is 17.2 Å². The van der Waals surface area contributed by atoms with Crippen LogP contribution in [0.4, 0.5) is 0 Å². The minimum absolute atomic E-state index is 0.0573. The topological polar surface area (TPSA) is 80.7 Å². The number of nitrogens with zero attached hydrogens (tertiary/aromatic N) is 1. The molecule has 32 heavy (non-hydrogen) atoms. The molecule has 162 valence electrons. The van der Waals surface area contributed by atoms with Crippen LogP contribution in [-0.4, -0.2) is 30.2 Å². The molecule has 0 aliphatic rings. The lowest BCUT2D eigenvalue weighted by Crippen LogP contribution is -2.29. The number of rotatable bonds is 6. The van der Waals surface area contributed by atoms with Crippen molar-refractivity contribution in [3.05, 3.63) is 94.6 Å². The normalized spacial score (nSPS) is 11.7. The third kappa shape index (κ3) is 4.05. The summed E-state index contributed by atoms with van der Waals surface area (Å²) < 4.78 is 10.8. The van der Waals surface area contributed by atoms with Gasteiger partial charge in [0.2, 0.25) is 0 Å². The number of halogens is 1. The van der Waals surface area contributed by atoms with Crippen LogP contribution < -0.4 is 14.8 Å². The zero-order valence-corrected chi connectivity index (χ0v) is 18.3. The molecule has 2 N–H and O–H groups in total. The van der Waals surface area contributed by atoms with Crippen LogP contribution in [0.5, 0.6) is 17.2 Å². The molecule has 1 atom stereocenters. The monoisotopic (exact) mass is 448 g/mol. The van der Waals surface area contributed by atoms with E-state index in [0.717, 1.165) is 0 Å². The van der Waals surface area contributed by atoms with Gasteiger partial charge in [-0.2, -0.15) is 0 Å². The number of amides is 1. The first-order valence-electron chi connectivity index (χ1n) is 9.87. The number of phenolic OH excluding ortho intramolecular Hbond substituents is 1. The highest BCUT2D eigenvalue weighted by molar-refractivity contribution is 6.35. The van der Waals surface area contributed by atoms with Crippen LogP contribution in [0.15, 0.2) is 72.9 Å². The molecular weight excluding hydrogens is 428 g/mol. The van der Waals surface area contributed by atoms with E-state index < -0.39 is 6.04 Å². The molecule has 1 unspecified atom stereocenters. The van der Waals surface area contributed by atoms with Gasteiger partial charge in [-0.05, 0) is 48.0 Å². The molecule has 0 saturated heterocycles. The maximum atomic E-state index is 13.0. The molecule has 1 aromatic heterocycles. The number of pyridine rings is 1. The third-order valence-corrected chi connectivity index (χ3v) is 5.52. The standard InChI is InChI=1S/C25H21ClN2O4/c1-31-20-11-10-16(13-21(20)32-2)22(28-25(30)15-7-4-3-5-8-15)18-14-19(26)17-9-6-12-27-23(17)24(18)29/h3-14,22,29H,1-2H3,(H,28,30). The molecule has 0 aliphatic carbocycles. The molecule has 0 spiro atoms. The molecule has 6 nitrogen and oxygen atoms in total. The van der Waals surface area contributed by atoms with Gasteiger partial charge >= 0.3 is 0 Å². The number of nitrogens with one attached hydrogen (secondary N) is 1. The highest BCUT2D eigenvalue weighted by Gasteiger charge is 2.25. The number of hydrogen-bond acceptors (Lipinski definition) is 5. The zero-order chi connectivity index (χ0) is 22.7. The molecule has 1 amide bonds. The molecule has 0 saturated carbocycles. The Morgan fingerprint density at radius 1 is 1.00 bits per heavy atom. The Bertz CT molecular complexity index is 1280. The van der Waals surface area contributed by atoms with Gasteiger partial charge in [0.25, 0.3) is 5.91 Å². The van der Waals surface area contributed by atoms with Gasteiger partial charge in [0, 0.05) is 22.7 Å². The highest BCUT2D eigenvalue weighted by Crippen LogP contribution is 2.40. The Balaban J connectivity index is 1.88. The van der Waals surface area contributed by atoms with Gasteiger partial charge in [0.1, 0.15) is 11.3 Å². The molecule has 0 bridgehead atoms. The van der Waals surface area contributed by atoms with E-state index in [1.165, 1.54) is 7.11 Å². The van der Waals surface area contributed by atoms with Gasteiger partial charge in [-0.15, -0.1) is 0 Å². The van der Waals surface area contributed by atoms with Crippen LogP contribution >= 0.6 is 11.6 Å². The van der Waals surface area contributed by atoms with Gasteiger partial charge in [-0.25, -0.2) is 0 Å². The van der Waals surface area contributed by atoms with Gasteiger partial charge in [-0.3, -0.25) is 9.78 Å². The maximum Gasteiger partial charge on any atom is 0.252 e. The number of carbonyl (C=O) groups excluding carboxylic acids is 1. The minimum Gasteiger partial charge on any atom is -0.505 e. The van der Waals surface area contributed by atoms with E-state index in [1.807, 2.05) is 6.07 Å². The fraction of sp³-hybridized carbons (Fsp3) is 0.120. The smallest absolute Gasteiger partial charge is 0.252 e. The number of ether oxygens (including phenoxy) is 2. The van der Waals surface area contributed by atoms with Crippen LogP contribution in [0.25, 0.3) is 10.9 Å². The Morgan fingerprint density at radius 2 is 1.75 bits per heavy atom. The largest absolute Gasteiger partial charge is 0.505 e. The highest BCUT2D eigenvalue weighted by atomic mass is 35.5. The van der Waals surface area contributed by atoms with Crippen LogP contribution in [0, 0.1) is 0 Å². The maximum absolute atomic E-state index is 13.0. The number of methoxy groups -OCH3 is 2. The second kappa shape index (κ2) is 9.16. The van der Waals surface area contributed by atoms with Crippen LogP contribution in [0.3, 0.4) is 0 Å². The molecule has 7 heteroatoms. The van der Waals surface area contributed by atoms with Crippen molar-refractivity contribution in [2.45, 2.75) is 6.04 Å². The molecular formula is C25H21ClN2O4. The van der Waals surface area contributed by atoms with E-state index in [-0.39, 0.29) is 11.7 Å². The first-order chi connectivity index (χ1) is 15.5. The fourth-order valence-corrected chi connectivity index (χ4v) is 3.87. The van der Waals surface area contributed by atoms with Crippen molar-refractivity contribution in [1.29, 1.82) is 0 Å². The number of aromatic nitrogens is 1. The average Bonchev–Trinajstić information content (AvgIpc) is 2.85. The molecule has 0 fully saturated rings. The first-order valence-corrected chi connectivity index (χ1v) is 10.2. The summed E-state index contributed by atoms with van der Waals surface area (Å²) in [6.07, 6.45) is 1.58. The van der Waals surface area contributed by atoms with Gasteiger partial charge in [-0.1, -0.05) is 35.9 Å². The average molecular weight is 449 g/mol. The summed E-state index contributed by atoms with van der Waals surface area (Å²) in [5.74, 6) is 0.681. The Morgan fingerprint density at radius 3 is 2.47 bits per heavy atom. The van der Waals surface area contributed by atoms with Crippen molar-refractivity contribution in [3.63, 3.8) is 0 Å². The van der Waals surface area contributed by atoms with Crippen LogP contribution in [0.1, 0.15) is 27.5 Å². The number of fused-ring (bicyclic) bond motifs is 1. The van der Waals surface area contributed by atoms with E-state index >= 15 is 0 Å². The summed E-state index contributed by atoms with van der Waals surface area (Å²) in [5.41, 5.74) is 1.93. The molecule has 0 aliphatic heterocycles. The predicted octanol–water partition coefficient (Wildman–Crippen LogP) is 5.13. The van der Waals surface area contributed by atoms with Crippen LogP contribution in [0.2, 0.25) is 5.02 Å². The summed E-state index contributed by atoms with van der Waals surface area (Å²) >= 11 is 6.52. The second-order valence-electron chi connectivity index (χ2n) is 7.08. The minimum atomic E-state index is -0.730.